The van der Waals surface area contributed by atoms with Crippen LogP contribution in [0.15, 0.2) is 79.3 Å². The van der Waals surface area contributed by atoms with Gasteiger partial charge in [0.25, 0.3) is 0 Å². The van der Waals surface area contributed by atoms with E-state index in [1.807, 2.05) is 42.5 Å². The number of halogens is 3. The highest BCUT2D eigenvalue weighted by Crippen LogP contribution is 2.30. The average molecular weight is 395 g/mol. The Bertz CT molecular complexity index is 1110. The molecule has 1 N–H and O–H groups in total. The summed E-state index contributed by atoms with van der Waals surface area (Å²) in [6.45, 7) is 0.520. The summed E-state index contributed by atoms with van der Waals surface area (Å²) >= 11 is 0. The van der Waals surface area contributed by atoms with E-state index >= 15 is 0 Å². The number of rotatable bonds is 5. The number of hydrogen-bond acceptors (Lipinski definition) is 4. The summed E-state index contributed by atoms with van der Waals surface area (Å²) < 4.78 is 40.3. The number of pyridine rings is 1. The SMILES string of the molecule is FC(F)(F)c1cccc(-n2cnc(-c3ccccc3NCc3ccccn3)n2)c1. The van der Waals surface area contributed by atoms with Crippen LogP contribution in [0.2, 0.25) is 0 Å². The second-order valence-corrected chi connectivity index (χ2v) is 6.28. The summed E-state index contributed by atoms with van der Waals surface area (Å²) in [6.07, 6.45) is -1.29. The van der Waals surface area contributed by atoms with E-state index in [4.69, 9.17) is 0 Å². The number of alkyl halides is 3. The molecular formula is C21H16F3N5. The molecule has 0 aliphatic heterocycles. The van der Waals surface area contributed by atoms with Gasteiger partial charge in [0.05, 0.1) is 23.5 Å². The van der Waals surface area contributed by atoms with E-state index in [9.17, 15) is 13.2 Å². The zero-order valence-corrected chi connectivity index (χ0v) is 15.1. The van der Waals surface area contributed by atoms with Crippen molar-refractivity contribution in [2.75, 3.05) is 5.32 Å². The molecule has 0 atom stereocenters. The van der Waals surface area contributed by atoms with Crippen molar-refractivity contribution in [3.05, 3.63) is 90.5 Å². The molecule has 0 saturated carbocycles. The predicted octanol–water partition coefficient (Wildman–Crippen LogP) is 4.96. The molecule has 8 heteroatoms. The van der Waals surface area contributed by atoms with Gasteiger partial charge in [-0.15, -0.1) is 5.10 Å². The van der Waals surface area contributed by atoms with Crippen LogP contribution in [0.25, 0.3) is 17.1 Å². The monoisotopic (exact) mass is 395 g/mol. The molecule has 0 aliphatic carbocycles. The van der Waals surface area contributed by atoms with Crippen molar-refractivity contribution in [1.82, 2.24) is 19.7 Å². The van der Waals surface area contributed by atoms with Crippen molar-refractivity contribution in [2.45, 2.75) is 12.7 Å². The molecule has 0 amide bonds. The normalized spacial score (nSPS) is 11.4. The Morgan fingerprint density at radius 3 is 2.52 bits per heavy atom. The molecule has 29 heavy (non-hydrogen) atoms. The number of nitrogens with one attached hydrogen (secondary N) is 1. The van der Waals surface area contributed by atoms with Crippen molar-refractivity contribution >= 4 is 5.69 Å². The molecule has 2 aromatic heterocycles. The fourth-order valence-electron chi connectivity index (χ4n) is 2.86. The van der Waals surface area contributed by atoms with Crippen molar-refractivity contribution in [3.8, 4) is 17.1 Å². The highest BCUT2D eigenvalue weighted by Gasteiger charge is 2.30. The van der Waals surface area contributed by atoms with E-state index in [-0.39, 0.29) is 5.69 Å². The lowest BCUT2D eigenvalue weighted by Crippen LogP contribution is -2.06. The van der Waals surface area contributed by atoms with Crippen LogP contribution in [0.3, 0.4) is 0 Å². The number of benzene rings is 2. The first-order chi connectivity index (χ1) is 14.0. The van der Waals surface area contributed by atoms with Crippen molar-refractivity contribution in [1.29, 1.82) is 0 Å². The smallest absolute Gasteiger partial charge is 0.379 e. The molecular weight excluding hydrogens is 379 g/mol. The van der Waals surface area contributed by atoms with E-state index in [0.29, 0.717) is 12.4 Å². The second kappa shape index (κ2) is 7.75. The minimum Gasteiger partial charge on any atom is -0.379 e. The second-order valence-electron chi connectivity index (χ2n) is 6.28. The molecule has 0 bridgehead atoms. The number of aromatic nitrogens is 4. The van der Waals surface area contributed by atoms with Crippen LogP contribution in [0.4, 0.5) is 18.9 Å². The molecule has 2 aromatic carbocycles. The quantitative estimate of drug-likeness (QED) is 0.519. The third kappa shape index (κ3) is 4.26. The van der Waals surface area contributed by atoms with Crippen LogP contribution in [0, 0.1) is 0 Å². The highest BCUT2D eigenvalue weighted by molar-refractivity contribution is 5.73. The molecule has 0 aliphatic rings. The summed E-state index contributed by atoms with van der Waals surface area (Å²) in [5.74, 6) is 0.409. The number of anilines is 1. The van der Waals surface area contributed by atoms with E-state index < -0.39 is 11.7 Å². The van der Waals surface area contributed by atoms with Crippen LogP contribution in [0.1, 0.15) is 11.3 Å². The van der Waals surface area contributed by atoms with Crippen LogP contribution in [0.5, 0.6) is 0 Å². The number of nitrogens with zero attached hydrogens (tertiary/aromatic N) is 4. The first-order valence-corrected chi connectivity index (χ1v) is 8.83. The summed E-state index contributed by atoms with van der Waals surface area (Å²) in [6, 6.07) is 18.1. The zero-order valence-electron chi connectivity index (χ0n) is 15.1. The Morgan fingerprint density at radius 1 is 0.897 bits per heavy atom. The fraction of sp³-hybridized carbons (Fsp3) is 0.0952. The first-order valence-electron chi connectivity index (χ1n) is 8.83. The molecule has 0 saturated heterocycles. The van der Waals surface area contributed by atoms with Crippen molar-refractivity contribution in [2.24, 2.45) is 0 Å². The molecule has 4 aromatic rings. The minimum atomic E-state index is -4.42. The lowest BCUT2D eigenvalue weighted by molar-refractivity contribution is -0.137. The van der Waals surface area contributed by atoms with Crippen LogP contribution < -0.4 is 5.32 Å². The Hall–Kier alpha value is -3.68. The van der Waals surface area contributed by atoms with Crippen LogP contribution in [-0.4, -0.2) is 19.7 Å². The van der Waals surface area contributed by atoms with Gasteiger partial charge in [-0.3, -0.25) is 4.98 Å². The van der Waals surface area contributed by atoms with Crippen LogP contribution in [-0.2, 0) is 12.7 Å². The van der Waals surface area contributed by atoms with Gasteiger partial charge in [0.2, 0.25) is 0 Å². The topological polar surface area (TPSA) is 55.6 Å². The third-order valence-corrected chi connectivity index (χ3v) is 4.28. The fourth-order valence-corrected chi connectivity index (χ4v) is 2.86. The van der Waals surface area contributed by atoms with Gasteiger partial charge in [0.15, 0.2) is 5.82 Å². The minimum absolute atomic E-state index is 0.289. The number of hydrogen-bond donors (Lipinski definition) is 1. The predicted molar refractivity (Wildman–Crippen MR) is 103 cm³/mol. The van der Waals surface area contributed by atoms with E-state index in [2.05, 4.69) is 20.4 Å². The maximum absolute atomic E-state index is 13.0. The molecule has 0 fully saturated rings. The van der Waals surface area contributed by atoms with Gasteiger partial charge in [-0.2, -0.15) is 13.2 Å². The van der Waals surface area contributed by atoms with Gasteiger partial charge in [0, 0.05) is 17.4 Å². The van der Waals surface area contributed by atoms with Crippen LogP contribution >= 0.6 is 0 Å². The summed E-state index contributed by atoms with van der Waals surface area (Å²) in [5.41, 5.74) is 1.99. The molecule has 4 rings (SSSR count). The third-order valence-electron chi connectivity index (χ3n) is 4.28. The average Bonchev–Trinajstić information content (AvgIpc) is 3.23. The van der Waals surface area contributed by atoms with E-state index in [1.165, 1.54) is 17.1 Å². The van der Waals surface area contributed by atoms with E-state index in [0.717, 1.165) is 29.1 Å². The number of para-hydroxylation sites is 1. The molecule has 2 heterocycles. The summed E-state index contributed by atoms with van der Waals surface area (Å²) in [7, 11) is 0. The summed E-state index contributed by atoms with van der Waals surface area (Å²) in [5, 5.41) is 7.68. The zero-order chi connectivity index (χ0) is 20.3. The van der Waals surface area contributed by atoms with Gasteiger partial charge >= 0.3 is 6.18 Å². The van der Waals surface area contributed by atoms with Gasteiger partial charge in [0.1, 0.15) is 6.33 Å². The Kier molecular flexibility index (Phi) is 4.99. The lowest BCUT2D eigenvalue weighted by atomic mass is 10.1. The van der Waals surface area contributed by atoms with Gasteiger partial charge in [-0.1, -0.05) is 24.3 Å². The lowest BCUT2D eigenvalue weighted by Gasteiger charge is -2.10. The van der Waals surface area contributed by atoms with Gasteiger partial charge in [-0.25, -0.2) is 9.67 Å². The standard InChI is InChI=1S/C21H16F3N5/c22-21(23,24)15-6-5-8-17(12-15)29-14-27-20(28-29)18-9-1-2-10-19(18)26-13-16-7-3-4-11-25-16/h1-12,14,26H,13H2. The van der Waals surface area contributed by atoms with Crippen molar-refractivity contribution in [3.63, 3.8) is 0 Å². The Morgan fingerprint density at radius 2 is 1.72 bits per heavy atom. The Labute approximate surface area is 164 Å². The largest absolute Gasteiger partial charge is 0.416 e. The highest BCUT2D eigenvalue weighted by atomic mass is 19.4. The van der Waals surface area contributed by atoms with E-state index in [1.54, 1.807) is 12.3 Å². The van der Waals surface area contributed by atoms with Crippen molar-refractivity contribution < 1.29 is 13.2 Å². The maximum Gasteiger partial charge on any atom is 0.416 e. The molecule has 146 valence electrons. The Balaban J connectivity index is 1.60. The molecule has 5 nitrogen and oxygen atoms in total. The molecule has 0 radical (unpaired) electrons. The van der Waals surface area contributed by atoms with Gasteiger partial charge in [-0.05, 0) is 42.5 Å². The van der Waals surface area contributed by atoms with Gasteiger partial charge < -0.3 is 5.32 Å². The molecule has 0 unspecified atom stereocenters. The first kappa shape index (κ1) is 18.7. The summed E-state index contributed by atoms with van der Waals surface area (Å²) in [4.78, 5) is 8.56. The molecule has 0 spiro atoms. The maximum atomic E-state index is 13.0.